The predicted octanol–water partition coefficient (Wildman–Crippen LogP) is 2.93. The van der Waals surface area contributed by atoms with E-state index in [1.807, 2.05) is 44.3 Å². The number of aromatic nitrogens is 1. The van der Waals surface area contributed by atoms with Gasteiger partial charge in [0.05, 0.1) is 6.04 Å². The average molecular weight is 262 g/mol. The highest BCUT2D eigenvalue weighted by molar-refractivity contribution is 6.30. The molecule has 0 saturated heterocycles. The van der Waals surface area contributed by atoms with Crippen LogP contribution in [0.3, 0.4) is 0 Å². The van der Waals surface area contributed by atoms with E-state index in [-0.39, 0.29) is 6.04 Å². The number of pyridine rings is 1. The molecule has 4 heteroatoms. The van der Waals surface area contributed by atoms with Crippen LogP contribution in [0.4, 0.5) is 5.82 Å². The lowest BCUT2D eigenvalue weighted by atomic mass is 9.96. The summed E-state index contributed by atoms with van der Waals surface area (Å²) in [6.07, 6.45) is 1.72. The van der Waals surface area contributed by atoms with E-state index in [0.29, 0.717) is 10.8 Å². The van der Waals surface area contributed by atoms with Crippen molar-refractivity contribution in [3.63, 3.8) is 0 Å². The zero-order chi connectivity index (χ0) is 13.1. The van der Waals surface area contributed by atoms with E-state index < -0.39 is 0 Å². The molecule has 2 rings (SSSR count). The van der Waals surface area contributed by atoms with Crippen LogP contribution in [-0.4, -0.2) is 12.0 Å². The Bertz CT molecular complexity index is 534. The number of aryl methyl sites for hydroxylation is 1. The lowest BCUT2D eigenvalue weighted by Gasteiger charge is -2.20. The summed E-state index contributed by atoms with van der Waals surface area (Å²) in [6, 6.07) is 9.72. The molecular formula is C14H16ClN3. The molecule has 1 atom stereocenters. The van der Waals surface area contributed by atoms with Crippen LogP contribution in [0.25, 0.3) is 0 Å². The van der Waals surface area contributed by atoms with E-state index in [9.17, 15) is 0 Å². The van der Waals surface area contributed by atoms with Crippen molar-refractivity contribution in [3.05, 3.63) is 58.2 Å². The van der Waals surface area contributed by atoms with Crippen LogP contribution in [0.15, 0.2) is 36.5 Å². The molecule has 0 bridgehead atoms. The lowest BCUT2D eigenvalue weighted by Crippen LogP contribution is -2.20. The third kappa shape index (κ3) is 2.47. The minimum absolute atomic E-state index is 0.00241. The maximum atomic E-state index is 6.04. The molecule has 0 amide bonds. The third-order valence-corrected chi connectivity index (χ3v) is 3.23. The molecule has 1 aromatic heterocycles. The van der Waals surface area contributed by atoms with Crippen LogP contribution >= 0.6 is 11.6 Å². The number of hydrogen-bond donors (Lipinski definition) is 2. The van der Waals surface area contributed by atoms with Crippen LogP contribution in [0.1, 0.15) is 22.7 Å². The summed E-state index contributed by atoms with van der Waals surface area (Å²) in [4.78, 5) is 4.16. The molecule has 0 aliphatic rings. The Labute approximate surface area is 112 Å². The quantitative estimate of drug-likeness (QED) is 0.893. The van der Waals surface area contributed by atoms with Gasteiger partial charge in [-0.05, 0) is 43.3 Å². The molecule has 0 saturated carbocycles. The summed E-state index contributed by atoms with van der Waals surface area (Å²) in [7, 11) is 1.90. The Kier molecular flexibility index (Phi) is 3.84. The number of nitrogens with one attached hydrogen (secondary N) is 1. The molecule has 0 fully saturated rings. The zero-order valence-electron chi connectivity index (χ0n) is 10.4. The van der Waals surface area contributed by atoms with Crippen molar-refractivity contribution in [2.24, 2.45) is 0 Å². The number of hydrogen-bond acceptors (Lipinski definition) is 3. The van der Waals surface area contributed by atoms with Crippen molar-refractivity contribution in [1.29, 1.82) is 0 Å². The number of nitrogen functional groups attached to an aromatic ring is 1. The van der Waals surface area contributed by atoms with Crippen molar-refractivity contribution in [3.8, 4) is 0 Å². The normalized spacial score (nSPS) is 12.4. The van der Waals surface area contributed by atoms with Gasteiger partial charge < -0.3 is 11.1 Å². The Balaban J connectivity index is 2.52. The average Bonchev–Trinajstić information content (AvgIpc) is 2.34. The van der Waals surface area contributed by atoms with E-state index in [1.54, 1.807) is 6.20 Å². The minimum Gasteiger partial charge on any atom is -0.383 e. The van der Waals surface area contributed by atoms with Gasteiger partial charge >= 0.3 is 0 Å². The molecule has 0 aliphatic heterocycles. The smallest absolute Gasteiger partial charge is 0.128 e. The molecule has 94 valence electrons. The van der Waals surface area contributed by atoms with Crippen molar-refractivity contribution in [2.45, 2.75) is 13.0 Å². The maximum absolute atomic E-state index is 6.04. The van der Waals surface area contributed by atoms with Crippen LogP contribution in [0, 0.1) is 6.92 Å². The molecule has 1 heterocycles. The Morgan fingerprint density at radius 2 is 2.11 bits per heavy atom. The standard InChI is InChI=1S/C14H16ClN3/c1-9-6-7-18-14(16)12(9)13(17-2)10-4-3-5-11(15)8-10/h3-8,13,17H,1-2H3,(H2,16,18). The number of rotatable bonds is 3. The molecule has 0 aliphatic carbocycles. The van der Waals surface area contributed by atoms with Gasteiger partial charge in [-0.3, -0.25) is 0 Å². The topological polar surface area (TPSA) is 50.9 Å². The maximum Gasteiger partial charge on any atom is 0.128 e. The molecule has 1 aromatic carbocycles. The van der Waals surface area contributed by atoms with Crippen LogP contribution in [0.5, 0.6) is 0 Å². The van der Waals surface area contributed by atoms with E-state index in [4.69, 9.17) is 17.3 Å². The fraction of sp³-hybridized carbons (Fsp3) is 0.214. The molecule has 18 heavy (non-hydrogen) atoms. The second-order valence-corrected chi connectivity index (χ2v) is 4.64. The van der Waals surface area contributed by atoms with Gasteiger partial charge in [-0.15, -0.1) is 0 Å². The summed E-state index contributed by atoms with van der Waals surface area (Å²) < 4.78 is 0. The first-order valence-corrected chi connectivity index (χ1v) is 6.15. The van der Waals surface area contributed by atoms with Crippen molar-refractivity contribution >= 4 is 17.4 Å². The number of nitrogens with two attached hydrogens (primary N) is 1. The largest absolute Gasteiger partial charge is 0.383 e. The highest BCUT2D eigenvalue weighted by atomic mass is 35.5. The second kappa shape index (κ2) is 5.38. The summed E-state index contributed by atoms with van der Waals surface area (Å²) in [6.45, 7) is 2.03. The second-order valence-electron chi connectivity index (χ2n) is 4.20. The minimum atomic E-state index is -0.00241. The number of benzene rings is 1. The molecule has 2 aromatic rings. The fourth-order valence-electron chi connectivity index (χ4n) is 2.13. The van der Waals surface area contributed by atoms with Gasteiger partial charge in [0.15, 0.2) is 0 Å². The first-order chi connectivity index (χ1) is 8.63. The third-order valence-electron chi connectivity index (χ3n) is 3.00. The van der Waals surface area contributed by atoms with E-state index in [2.05, 4.69) is 10.3 Å². The zero-order valence-corrected chi connectivity index (χ0v) is 11.2. The summed E-state index contributed by atoms with van der Waals surface area (Å²) in [5, 5.41) is 3.98. The Hall–Kier alpha value is -1.58. The highest BCUT2D eigenvalue weighted by Crippen LogP contribution is 2.29. The van der Waals surface area contributed by atoms with Gasteiger partial charge in [-0.25, -0.2) is 4.98 Å². The molecular weight excluding hydrogens is 246 g/mol. The first-order valence-electron chi connectivity index (χ1n) is 5.77. The highest BCUT2D eigenvalue weighted by Gasteiger charge is 2.17. The van der Waals surface area contributed by atoms with Gasteiger partial charge in [0.2, 0.25) is 0 Å². The van der Waals surface area contributed by atoms with Crippen LogP contribution < -0.4 is 11.1 Å². The number of nitrogens with zero attached hydrogens (tertiary/aromatic N) is 1. The van der Waals surface area contributed by atoms with Crippen molar-refractivity contribution < 1.29 is 0 Å². The van der Waals surface area contributed by atoms with Crippen molar-refractivity contribution in [2.75, 3.05) is 12.8 Å². The molecule has 3 N–H and O–H groups in total. The molecule has 0 spiro atoms. The SMILES string of the molecule is CNC(c1cccc(Cl)c1)c1c(C)ccnc1N. The Morgan fingerprint density at radius 3 is 2.72 bits per heavy atom. The van der Waals surface area contributed by atoms with Gasteiger partial charge in [-0.1, -0.05) is 23.7 Å². The first kappa shape index (κ1) is 12.9. The van der Waals surface area contributed by atoms with Gasteiger partial charge in [0, 0.05) is 16.8 Å². The van der Waals surface area contributed by atoms with Crippen LogP contribution in [0.2, 0.25) is 5.02 Å². The number of halogens is 1. The predicted molar refractivity (Wildman–Crippen MR) is 75.7 cm³/mol. The summed E-state index contributed by atoms with van der Waals surface area (Å²) in [5.41, 5.74) is 9.18. The van der Waals surface area contributed by atoms with E-state index >= 15 is 0 Å². The lowest BCUT2D eigenvalue weighted by molar-refractivity contribution is 0.687. The summed E-state index contributed by atoms with van der Waals surface area (Å²) in [5.74, 6) is 0.550. The number of anilines is 1. The summed E-state index contributed by atoms with van der Waals surface area (Å²) >= 11 is 6.04. The monoisotopic (exact) mass is 261 g/mol. The van der Waals surface area contributed by atoms with Gasteiger partial charge in [0.1, 0.15) is 5.82 Å². The van der Waals surface area contributed by atoms with Crippen LogP contribution in [-0.2, 0) is 0 Å². The van der Waals surface area contributed by atoms with Gasteiger partial charge in [0.25, 0.3) is 0 Å². The van der Waals surface area contributed by atoms with Gasteiger partial charge in [-0.2, -0.15) is 0 Å². The molecule has 1 unspecified atom stereocenters. The molecule has 3 nitrogen and oxygen atoms in total. The van der Waals surface area contributed by atoms with E-state index in [0.717, 1.165) is 16.7 Å². The fourth-order valence-corrected chi connectivity index (χ4v) is 2.33. The molecule has 0 radical (unpaired) electrons. The Morgan fingerprint density at radius 1 is 1.33 bits per heavy atom. The van der Waals surface area contributed by atoms with Crippen molar-refractivity contribution in [1.82, 2.24) is 10.3 Å². The van der Waals surface area contributed by atoms with E-state index in [1.165, 1.54) is 0 Å².